The molecule has 0 aromatic carbocycles. The average Bonchev–Trinajstić information content (AvgIpc) is 3.38. The minimum absolute atomic E-state index is 0.0468. The quantitative estimate of drug-likeness (QED) is 0.235. The van der Waals surface area contributed by atoms with Crippen LogP contribution in [0.3, 0.4) is 0 Å². The summed E-state index contributed by atoms with van der Waals surface area (Å²) in [6, 6.07) is 0.0468. The highest BCUT2D eigenvalue weighted by Gasteiger charge is 2.68. The summed E-state index contributed by atoms with van der Waals surface area (Å²) in [7, 11) is 0. The van der Waals surface area contributed by atoms with Crippen LogP contribution in [-0.4, -0.2) is 52.8 Å². The molecule has 7 nitrogen and oxygen atoms in total. The van der Waals surface area contributed by atoms with Crippen molar-refractivity contribution in [3.05, 3.63) is 24.3 Å². The van der Waals surface area contributed by atoms with Crippen LogP contribution in [0.15, 0.2) is 24.3 Å². The van der Waals surface area contributed by atoms with Crippen molar-refractivity contribution >= 4 is 18.0 Å². The molecule has 0 aromatic heterocycles. The standard InChI is InChI=1S/C33H47NO6/c1-19(35)38-26-14-17-31(5)22-13-16-32(6)21(11-12-27(32)39-20(2)36)28(22)23(18-24(31)30(26,3)4)40-29(37)34-25-10-8-9-15-33(25,34)7/h8-10,15,21-28H,11-14,16-18H2,1-7H3. The third-order valence-electron chi connectivity index (χ3n) is 12.7. The number of carbonyl (C=O) groups is 3. The predicted molar refractivity (Wildman–Crippen MR) is 150 cm³/mol. The van der Waals surface area contributed by atoms with E-state index in [0.717, 1.165) is 44.9 Å². The zero-order valence-corrected chi connectivity index (χ0v) is 25.3. The van der Waals surface area contributed by atoms with Gasteiger partial charge in [-0.3, -0.25) is 14.5 Å². The number of amides is 1. The summed E-state index contributed by atoms with van der Waals surface area (Å²) in [6.45, 7) is 14.4. The van der Waals surface area contributed by atoms with Gasteiger partial charge in [0.15, 0.2) is 0 Å². The number of hydrogen-bond acceptors (Lipinski definition) is 6. The molecule has 220 valence electrons. The van der Waals surface area contributed by atoms with Crippen LogP contribution >= 0.6 is 0 Å². The number of nitrogens with zero attached hydrogens (tertiary/aromatic N) is 1. The maximum Gasteiger partial charge on any atom is 0.411 e. The van der Waals surface area contributed by atoms with E-state index < -0.39 is 0 Å². The van der Waals surface area contributed by atoms with E-state index in [4.69, 9.17) is 14.2 Å². The van der Waals surface area contributed by atoms with Crippen molar-refractivity contribution in [2.75, 3.05) is 0 Å². The molecule has 4 saturated carbocycles. The number of fused-ring (bicyclic) bond motifs is 6. The lowest BCUT2D eigenvalue weighted by Gasteiger charge is -2.65. The Hall–Kier alpha value is -2.31. The number of ether oxygens (including phenoxy) is 3. The van der Waals surface area contributed by atoms with Crippen LogP contribution in [0.25, 0.3) is 0 Å². The minimum Gasteiger partial charge on any atom is -0.462 e. The van der Waals surface area contributed by atoms with E-state index in [1.807, 2.05) is 17.1 Å². The first-order valence-corrected chi connectivity index (χ1v) is 15.4. The summed E-state index contributed by atoms with van der Waals surface area (Å²) in [5.41, 5.74) is -0.611. The summed E-state index contributed by atoms with van der Waals surface area (Å²) in [5, 5.41) is 0. The van der Waals surface area contributed by atoms with Crippen molar-refractivity contribution in [2.24, 2.45) is 39.9 Å². The molecule has 11 unspecified atom stereocenters. The lowest BCUT2D eigenvalue weighted by molar-refractivity contribution is -0.221. The molecule has 1 saturated heterocycles. The molecule has 11 atom stereocenters. The number of hydrogen-bond donors (Lipinski definition) is 0. The second-order valence-electron chi connectivity index (χ2n) is 15.0. The predicted octanol–water partition coefficient (Wildman–Crippen LogP) is 6.21. The fraction of sp³-hybridized carbons (Fsp3) is 0.788. The Labute approximate surface area is 239 Å². The summed E-state index contributed by atoms with van der Waals surface area (Å²) < 4.78 is 18.4. The van der Waals surface area contributed by atoms with Crippen LogP contribution < -0.4 is 0 Å². The molecule has 0 N–H and O–H groups in total. The highest BCUT2D eigenvalue weighted by molar-refractivity contribution is 5.76. The van der Waals surface area contributed by atoms with Gasteiger partial charge in [0, 0.05) is 30.6 Å². The Bertz CT molecular complexity index is 1160. The Morgan fingerprint density at radius 2 is 1.43 bits per heavy atom. The van der Waals surface area contributed by atoms with E-state index >= 15 is 0 Å². The zero-order chi connectivity index (χ0) is 28.8. The summed E-state index contributed by atoms with van der Waals surface area (Å²) in [5.74, 6) is 0.741. The fourth-order valence-corrected chi connectivity index (χ4v) is 10.6. The summed E-state index contributed by atoms with van der Waals surface area (Å²) in [4.78, 5) is 39.7. The molecule has 0 bridgehead atoms. The van der Waals surface area contributed by atoms with E-state index in [0.29, 0.717) is 11.8 Å². The number of allylic oxidation sites excluding steroid dienone is 2. The molecule has 6 rings (SSSR count). The highest BCUT2D eigenvalue weighted by Crippen LogP contribution is 2.69. The Morgan fingerprint density at radius 1 is 0.775 bits per heavy atom. The van der Waals surface area contributed by atoms with E-state index in [-0.39, 0.29) is 76.0 Å². The Balaban J connectivity index is 1.35. The van der Waals surface area contributed by atoms with Gasteiger partial charge in [0.05, 0.1) is 11.6 Å². The fourth-order valence-electron chi connectivity index (χ4n) is 10.6. The smallest absolute Gasteiger partial charge is 0.411 e. The number of rotatable bonds is 3. The van der Waals surface area contributed by atoms with Crippen LogP contribution in [0.1, 0.15) is 93.4 Å². The SMILES string of the molecule is CC(=O)OC1CCC2(C)C3CCC4(C)C(OC(C)=O)CCC4C3C(OC(=O)N3C4C=CC=CC43C)CC2C1(C)C. The van der Waals surface area contributed by atoms with Crippen LogP contribution in [0, 0.1) is 39.9 Å². The molecular formula is C33H47NO6. The molecular weight excluding hydrogens is 506 g/mol. The first-order chi connectivity index (χ1) is 18.7. The average molecular weight is 554 g/mol. The van der Waals surface area contributed by atoms with Crippen LogP contribution in [0.4, 0.5) is 4.79 Å². The first-order valence-electron chi connectivity index (χ1n) is 15.4. The molecule has 5 aliphatic carbocycles. The van der Waals surface area contributed by atoms with Crippen molar-refractivity contribution in [2.45, 2.75) is 123 Å². The van der Waals surface area contributed by atoms with Gasteiger partial charge in [-0.25, -0.2) is 4.79 Å². The number of carbonyl (C=O) groups excluding carboxylic acids is 3. The molecule has 6 aliphatic rings. The summed E-state index contributed by atoms with van der Waals surface area (Å²) >= 11 is 0. The highest BCUT2D eigenvalue weighted by atomic mass is 16.6. The molecule has 1 amide bonds. The zero-order valence-electron chi connectivity index (χ0n) is 25.3. The monoisotopic (exact) mass is 553 g/mol. The first kappa shape index (κ1) is 27.8. The second-order valence-corrected chi connectivity index (χ2v) is 15.0. The van der Waals surface area contributed by atoms with Crippen LogP contribution in [-0.2, 0) is 23.8 Å². The van der Waals surface area contributed by atoms with Crippen LogP contribution in [0.5, 0.6) is 0 Å². The van der Waals surface area contributed by atoms with Gasteiger partial charge in [-0.05, 0) is 75.0 Å². The van der Waals surface area contributed by atoms with Gasteiger partial charge in [-0.2, -0.15) is 0 Å². The molecule has 1 heterocycles. The third-order valence-corrected chi connectivity index (χ3v) is 12.7. The maximum atomic E-state index is 13.8. The Kier molecular flexibility index (Phi) is 6.33. The molecule has 7 heteroatoms. The minimum atomic E-state index is -0.312. The summed E-state index contributed by atoms with van der Waals surface area (Å²) in [6.07, 6.45) is 14.0. The molecule has 1 aliphatic heterocycles. The van der Waals surface area contributed by atoms with Crippen molar-refractivity contribution in [3.63, 3.8) is 0 Å². The van der Waals surface area contributed by atoms with E-state index in [1.54, 1.807) is 0 Å². The largest absolute Gasteiger partial charge is 0.462 e. The van der Waals surface area contributed by atoms with E-state index in [2.05, 4.69) is 46.8 Å². The second kappa shape index (κ2) is 9.09. The van der Waals surface area contributed by atoms with Gasteiger partial charge >= 0.3 is 18.0 Å². The van der Waals surface area contributed by atoms with E-state index in [1.165, 1.54) is 13.8 Å². The van der Waals surface area contributed by atoms with Crippen molar-refractivity contribution in [1.29, 1.82) is 0 Å². The van der Waals surface area contributed by atoms with Gasteiger partial charge in [0.1, 0.15) is 18.3 Å². The van der Waals surface area contributed by atoms with Crippen LogP contribution in [0.2, 0.25) is 0 Å². The van der Waals surface area contributed by atoms with E-state index in [9.17, 15) is 14.4 Å². The van der Waals surface area contributed by atoms with Crippen molar-refractivity contribution in [1.82, 2.24) is 4.90 Å². The molecule has 40 heavy (non-hydrogen) atoms. The Morgan fingerprint density at radius 3 is 2.08 bits per heavy atom. The normalized spacial score (nSPS) is 47.7. The lowest BCUT2D eigenvalue weighted by atomic mass is 9.40. The molecule has 0 spiro atoms. The van der Waals surface area contributed by atoms with Gasteiger partial charge < -0.3 is 14.2 Å². The van der Waals surface area contributed by atoms with Gasteiger partial charge in [-0.15, -0.1) is 0 Å². The van der Waals surface area contributed by atoms with Crippen molar-refractivity contribution in [3.8, 4) is 0 Å². The van der Waals surface area contributed by atoms with Gasteiger partial charge in [-0.1, -0.05) is 52.0 Å². The maximum absolute atomic E-state index is 13.8. The van der Waals surface area contributed by atoms with Crippen molar-refractivity contribution < 1.29 is 28.6 Å². The number of esters is 2. The topological polar surface area (TPSA) is 81.9 Å². The van der Waals surface area contributed by atoms with Gasteiger partial charge in [0.2, 0.25) is 0 Å². The van der Waals surface area contributed by atoms with Gasteiger partial charge in [0.25, 0.3) is 0 Å². The molecule has 5 fully saturated rings. The lowest BCUT2D eigenvalue weighted by Crippen LogP contribution is -2.64. The molecule has 0 aromatic rings. The molecule has 0 radical (unpaired) electrons. The third kappa shape index (κ3) is 3.92.